The Balaban J connectivity index is 1.74. The number of nitrogens with one attached hydrogen (secondary N) is 1. The van der Waals surface area contributed by atoms with Gasteiger partial charge in [-0.3, -0.25) is 4.79 Å². The third-order valence-electron chi connectivity index (χ3n) is 5.18. The summed E-state index contributed by atoms with van der Waals surface area (Å²) in [4.78, 5) is 24.3. The van der Waals surface area contributed by atoms with Gasteiger partial charge in [-0.15, -0.1) is 0 Å². The van der Waals surface area contributed by atoms with E-state index in [2.05, 4.69) is 20.2 Å². The molecule has 138 valence electrons. The number of carboxylic acids is 1. The molecule has 0 aromatic carbocycles. The van der Waals surface area contributed by atoms with E-state index in [1.54, 1.807) is 14.2 Å². The highest BCUT2D eigenvalue weighted by Crippen LogP contribution is 2.43. The molecule has 2 N–H and O–H groups in total. The Morgan fingerprint density at radius 1 is 1.52 bits per heavy atom. The second-order valence-corrected chi connectivity index (χ2v) is 6.74. The monoisotopic (exact) mass is 353 g/mol. The van der Waals surface area contributed by atoms with E-state index >= 15 is 0 Å². The lowest BCUT2D eigenvalue weighted by Crippen LogP contribution is -2.41. The highest BCUT2D eigenvalue weighted by atomic mass is 19.1. The molecule has 2 aliphatic rings. The van der Waals surface area contributed by atoms with Crippen molar-refractivity contribution in [2.45, 2.75) is 6.42 Å². The van der Waals surface area contributed by atoms with Crippen LogP contribution in [-0.2, 0) is 9.53 Å². The minimum atomic E-state index is -0.829. The number of fused-ring (bicyclic) bond motifs is 1. The van der Waals surface area contributed by atoms with Gasteiger partial charge in [0.25, 0.3) is 0 Å². The van der Waals surface area contributed by atoms with E-state index in [4.69, 9.17) is 4.74 Å². The molecule has 0 unspecified atom stereocenters. The number of carbonyl (C=O) groups is 1. The molecule has 0 bridgehead atoms. The first-order valence-electron chi connectivity index (χ1n) is 8.40. The first-order chi connectivity index (χ1) is 12.0. The van der Waals surface area contributed by atoms with Crippen LogP contribution in [0.25, 0.3) is 0 Å². The predicted octanol–water partition coefficient (Wildman–Crippen LogP) is 0.517. The number of rotatable bonds is 7. The number of carboxylic acid groups (broad SMARTS) is 1. The average Bonchev–Trinajstić information content (AvgIpc) is 3.10. The molecule has 9 heteroatoms. The first-order valence-corrected chi connectivity index (χ1v) is 8.40. The number of ether oxygens (including phenoxy) is 1. The van der Waals surface area contributed by atoms with Crippen molar-refractivity contribution in [3.63, 3.8) is 0 Å². The van der Waals surface area contributed by atoms with Crippen molar-refractivity contribution in [2.75, 3.05) is 63.7 Å². The standard InChI is InChI=1S/C16H24FN5O3/c1-18-13-12(17)6-19-15(20-13)22-8-11-7-21(4-3-5-25-2)9-16(11,10-22)14(23)24/h6,11H,3-5,7-10H2,1-2H3,(H,23,24)(H,18,19,20)/t11-,16-/m1/s1. The fraction of sp³-hybridized carbons (Fsp3) is 0.688. The van der Waals surface area contributed by atoms with Crippen LogP contribution >= 0.6 is 0 Å². The Bertz CT molecular complexity index is 646. The number of methoxy groups -OCH3 is 1. The zero-order chi connectivity index (χ0) is 18.0. The summed E-state index contributed by atoms with van der Waals surface area (Å²) < 4.78 is 18.6. The van der Waals surface area contributed by atoms with Crippen LogP contribution in [0.4, 0.5) is 16.2 Å². The molecule has 2 aliphatic heterocycles. The van der Waals surface area contributed by atoms with E-state index in [9.17, 15) is 14.3 Å². The Labute approximate surface area is 146 Å². The van der Waals surface area contributed by atoms with Gasteiger partial charge in [0.15, 0.2) is 11.6 Å². The SMILES string of the molecule is CNc1nc(N2C[C@H]3CN(CCCOC)C[C@@]3(C(=O)O)C2)ncc1F. The van der Waals surface area contributed by atoms with Crippen LogP contribution in [0, 0.1) is 17.2 Å². The Morgan fingerprint density at radius 3 is 2.96 bits per heavy atom. The molecule has 2 saturated heterocycles. The summed E-state index contributed by atoms with van der Waals surface area (Å²) in [6, 6.07) is 0. The van der Waals surface area contributed by atoms with E-state index < -0.39 is 17.2 Å². The number of halogens is 1. The molecule has 0 amide bonds. The van der Waals surface area contributed by atoms with Crippen LogP contribution in [0.1, 0.15) is 6.42 Å². The second kappa shape index (κ2) is 7.09. The van der Waals surface area contributed by atoms with Crippen molar-refractivity contribution in [1.29, 1.82) is 0 Å². The summed E-state index contributed by atoms with van der Waals surface area (Å²) in [6.07, 6.45) is 2.00. The van der Waals surface area contributed by atoms with Crippen molar-refractivity contribution < 1.29 is 19.0 Å². The number of aliphatic carboxylic acids is 1. The Hall–Kier alpha value is -2.00. The van der Waals surface area contributed by atoms with E-state index in [-0.39, 0.29) is 11.7 Å². The Morgan fingerprint density at radius 2 is 2.32 bits per heavy atom. The van der Waals surface area contributed by atoms with Gasteiger partial charge in [-0.25, -0.2) is 9.37 Å². The summed E-state index contributed by atoms with van der Waals surface area (Å²) in [7, 11) is 3.25. The van der Waals surface area contributed by atoms with Crippen LogP contribution in [-0.4, -0.2) is 79.4 Å². The van der Waals surface area contributed by atoms with Gasteiger partial charge in [0.1, 0.15) is 5.41 Å². The quantitative estimate of drug-likeness (QED) is 0.686. The largest absolute Gasteiger partial charge is 0.481 e. The second-order valence-electron chi connectivity index (χ2n) is 6.74. The summed E-state index contributed by atoms with van der Waals surface area (Å²) in [5, 5.41) is 12.6. The minimum absolute atomic E-state index is 0.000710. The van der Waals surface area contributed by atoms with Gasteiger partial charge in [0.2, 0.25) is 5.95 Å². The summed E-state index contributed by atoms with van der Waals surface area (Å²) >= 11 is 0. The van der Waals surface area contributed by atoms with Crippen LogP contribution in [0.3, 0.4) is 0 Å². The molecular weight excluding hydrogens is 329 g/mol. The molecule has 25 heavy (non-hydrogen) atoms. The molecule has 3 rings (SSSR count). The third-order valence-corrected chi connectivity index (χ3v) is 5.18. The molecule has 3 heterocycles. The molecule has 2 fully saturated rings. The number of likely N-dealkylation sites (tertiary alicyclic amines) is 1. The lowest BCUT2D eigenvalue weighted by atomic mass is 9.81. The normalized spacial score (nSPS) is 26.0. The fourth-order valence-corrected chi connectivity index (χ4v) is 3.91. The smallest absolute Gasteiger partial charge is 0.313 e. The number of nitrogens with zero attached hydrogens (tertiary/aromatic N) is 4. The van der Waals surface area contributed by atoms with Crippen molar-refractivity contribution >= 4 is 17.7 Å². The van der Waals surface area contributed by atoms with Gasteiger partial charge in [-0.1, -0.05) is 0 Å². The van der Waals surface area contributed by atoms with E-state index in [1.807, 2.05) is 4.90 Å². The predicted molar refractivity (Wildman–Crippen MR) is 90.2 cm³/mol. The van der Waals surface area contributed by atoms with Gasteiger partial charge in [-0.2, -0.15) is 4.98 Å². The van der Waals surface area contributed by atoms with Crippen molar-refractivity contribution in [3.05, 3.63) is 12.0 Å². The lowest BCUT2D eigenvalue weighted by molar-refractivity contribution is -0.148. The molecule has 1 aromatic rings. The molecule has 0 spiro atoms. The number of anilines is 2. The van der Waals surface area contributed by atoms with Crippen LogP contribution in [0.15, 0.2) is 6.20 Å². The lowest BCUT2D eigenvalue weighted by Gasteiger charge is -2.25. The fourth-order valence-electron chi connectivity index (χ4n) is 3.91. The number of hydrogen-bond acceptors (Lipinski definition) is 7. The molecule has 0 aliphatic carbocycles. The topological polar surface area (TPSA) is 90.8 Å². The molecular formula is C16H24FN5O3. The summed E-state index contributed by atoms with van der Waals surface area (Å²) in [6.45, 7) is 3.63. The van der Waals surface area contributed by atoms with E-state index in [0.717, 1.165) is 25.7 Å². The van der Waals surface area contributed by atoms with Gasteiger partial charge in [0, 0.05) is 59.4 Å². The maximum atomic E-state index is 13.6. The third kappa shape index (κ3) is 3.25. The van der Waals surface area contributed by atoms with Crippen LogP contribution < -0.4 is 10.2 Å². The zero-order valence-electron chi connectivity index (χ0n) is 14.5. The van der Waals surface area contributed by atoms with E-state index in [1.165, 1.54) is 0 Å². The van der Waals surface area contributed by atoms with Crippen LogP contribution in [0.2, 0.25) is 0 Å². The van der Waals surface area contributed by atoms with Crippen LogP contribution in [0.5, 0.6) is 0 Å². The number of aromatic nitrogens is 2. The van der Waals surface area contributed by atoms with E-state index in [0.29, 0.717) is 32.2 Å². The van der Waals surface area contributed by atoms with Crippen molar-refractivity contribution in [2.24, 2.45) is 11.3 Å². The van der Waals surface area contributed by atoms with Gasteiger partial charge in [-0.05, 0) is 6.42 Å². The minimum Gasteiger partial charge on any atom is -0.481 e. The summed E-state index contributed by atoms with van der Waals surface area (Å²) in [5.74, 6) is -0.827. The number of hydrogen-bond donors (Lipinski definition) is 2. The van der Waals surface area contributed by atoms with Crippen molar-refractivity contribution in [3.8, 4) is 0 Å². The Kier molecular flexibility index (Phi) is 5.05. The maximum absolute atomic E-state index is 13.6. The molecule has 0 saturated carbocycles. The van der Waals surface area contributed by atoms with Gasteiger partial charge < -0.3 is 25.0 Å². The molecule has 2 atom stereocenters. The van der Waals surface area contributed by atoms with Gasteiger partial charge >= 0.3 is 5.97 Å². The maximum Gasteiger partial charge on any atom is 0.313 e. The average molecular weight is 353 g/mol. The molecule has 8 nitrogen and oxygen atoms in total. The first kappa shape index (κ1) is 17.8. The van der Waals surface area contributed by atoms with Crippen molar-refractivity contribution in [1.82, 2.24) is 14.9 Å². The van der Waals surface area contributed by atoms with Gasteiger partial charge in [0.05, 0.1) is 6.20 Å². The zero-order valence-corrected chi connectivity index (χ0v) is 14.5. The molecule has 1 aromatic heterocycles. The molecule has 0 radical (unpaired) electrons. The summed E-state index contributed by atoms with van der Waals surface area (Å²) in [5.41, 5.74) is -0.829. The highest BCUT2D eigenvalue weighted by Gasteiger charge is 2.57. The highest BCUT2D eigenvalue weighted by molar-refractivity contribution is 5.78.